The molecule has 1 aromatic carbocycles. The maximum Gasteiger partial charge on any atom is 0.253 e. The Hall–Kier alpha value is -2.48. The Morgan fingerprint density at radius 1 is 1.26 bits per heavy atom. The minimum absolute atomic E-state index is 0.0407. The van der Waals surface area contributed by atoms with Gasteiger partial charge in [-0.15, -0.1) is 0 Å². The number of piperidine rings is 1. The van der Waals surface area contributed by atoms with Gasteiger partial charge in [-0.1, -0.05) is 0 Å². The van der Waals surface area contributed by atoms with Gasteiger partial charge in [-0.2, -0.15) is 15.4 Å². The number of nitrogens with one attached hydrogen (secondary N) is 1. The number of amides is 2. The molecule has 1 atom stereocenters. The molecule has 2 fully saturated rings. The highest BCUT2D eigenvalue weighted by atomic mass is 16.5. The fraction of sp³-hybridized carbons (Fsp3) is 0.579. The highest BCUT2D eigenvalue weighted by molar-refractivity contribution is 5.98. The Balaban J connectivity index is 1.46. The Labute approximate surface area is 157 Å². The second-order valence-electron chi connectivity index (χ2n) is 7.53. The number of hydrogen-bond acceptors (Lipinski definition) is 5. The van der Waals surface area contributed by atoms with Crippen molar-refractivity contribution in [2.45, 2.75) is 25.7 Å². The molecule has 0 aliphatic carbocycles. The quantitative estimate of drug-likeness (QED) is 0.803. The molecule has 1 aromatic heterocycles. The van der Waals surface area contributed by atoms with Gasteiger partial charge in [0.2, 0.25) is 5.91 Å². The van der Waals surface area contributed by atoms with E-state index in [4.69, 9.17) is 4.74 Å². The average molecular weight is 371 g/mol. The predicted octanol–water partition coefficient (Wildman–Crippen LogP) is 1.45. The fourth-order valence-corrected chi connectivity index (χ4v) is 4.35. The fourth-order valence-electron chi connectivity index (χ4n) is 4.35. The zero-order valence-corrected chi connectivity index (χ0v) is 15.6. The van der Waals surface area contributed by atoms with Gasteiger partial charge in [-0.3, -0.25) is 9.59 Å². The van der Waals surface area contributed by atoms with E-state index in [0.29, 0.717) is 30.8 Å². The van der Waals surface area contributed by atoms with Crippen molar-refractivity contribution in [2.75, 3.05) is 39.9 Å². The van der Waals surface area contributed by atoms with E-state index in [2.05, 4.69) is 15.4 Å². The summed E-state index contributed by atoms with van der Waals surface area (Å²) in [6, 6.07) is 5.32. The van der Waals surface area contributed by atoms with Crippen molar-refractivity contribution >= 4 is 22.8 Å². The normalized spacial score (nSPS) is 22.9. The molecule has 27 heavy (non-hydrogen) atoms. The van der Waals surface area contributed by atoms with E-state index in [1.54, 1.807) is 25.3 Å². The van der Waals surface area contributed by atoms with Gasteiger partial charge in [-0.05, 0) is 43.9 Å². The number of aromatic amines is 1. The van der Waals surface area contributed by atoms with Crippen LogP contribution in [-0.4, -0.2) is 76.9 Å². The van der Waals surface area contributed by atoms with Crippen LogP contribution < -0.4 is 0 Å². The standard InChI is InChI=1S/C19H25N5O3/c1-27-11-3-9-23-8-2-6-19(18(23)26)7-10-24(13-19)17(25)14-4-5-15-16(12-14)21-22-20-15/h4-5,12H,2-3,6-11,13H2,1H3,(H,20,21,22)/t19-/m1/s1. The van der Waals surface area contributed by atoms with Gasteiger partial charge < -0.3 is 14.5 Å². The molecule has 144 valence electrons. The van der Waals surface area contributed by atoms with E-state index in [0.717, 1.165) is 44.3 Å². The van der Waals surface area contributed by atoms with Crippen molar-refractivity contribution in [1.82, 2.24) is 25.2 Å². The van der Waals surface area contributed by atoms with Gasteiger partial charge in [0.05, 0.1) is 5.41 Å². The van der Waals surface area contributed by atoms with Crippen molar-refractivity contribution in [3.8, 4) is 0 Å². The highest BCUT2D eigenvalue weighted by Crippen LogP contribution is 2.40. The lowest BCUT2D eigenvalue weighted by Crippen LogP contribution is -2.50. The van der Waals surface area contributed by atoms with Gasteiger partial charge in [-0.25, -0.2) is 0 Å². The Morgan fingerprint density at radius 3 is 2.96 bits per heavy atom. The Morgan fingerprint density at radius 2 is 2.11 bits per heavy atom. The molecule has 2 amide bonds. The predicted molar refractivity (Wildman–Crippen MR) is 99.1 cm³/mol. The first-order valence-electron chi connectivity index (χ1n) is 9.51. The maximum absolute atomic E-state index is 13.1. The number of carbonyl (C=O) groups is 2. The molecule has 0 radical (unpaired) electrons. The minimum atomic E-state index is -0.418. The van der Waals surface area contributed by atoms with Crippen LogP contribution in [0.4, 0.5) is 0 Å². The van der Waals surface area contributed by atoms with Crippen molar-refractivity contribution in [2.24, 2.45) is 5.41 Å². The Kier molecular flexibility index (Phi) is 4.82. The van der Waals surface area contributed by atoms with Crippen LogP contribution in [0.25, 0.3) is 11.0 Å². The molecule has 0 bridgehead atoms. The summed E-state index contributed by atoms with van der Waals surface area (Å²) in [6.07, 6.45) is 3.44. The van der Waals surface area contributed by atoms with E-state index in [1.165, 1.54) is 0 Å². The number of rotatable bonds is 5. The van der Waals surface area contributed by atoms with Crippen LogP contribution in [0, 0.1) is 5.41 Å². The molecular formula is C19H25N5O3. The molecule has 2 aromatic rings. The number of benzene rings is 1. The van der Waals surface area contributed by atoms with E-state index in [1.807, 2.05) is 9.80 Å². The highest BCUT2D eigenvalue weighted by Gasteiger charge is 2.49. The number of aromatic nitrogens is 3. The molecule has 2 aliphatic heterocycles. The third-order valence-electron chi connectivity index (χ3n) is 5.81. The molecule has 2 saturated heterocycles. The molecule has 3 heterocycles. The monoisotopic (exact) mass is 371 g/mol. The lowest BCUT2D eigenvalue weighted by atomic mass is 9.78. The van der Waals surface area contributed by atoms with Crippen LogP contribution in [-0.2, 0) is 9.53 Å². The number of H-pyrrole nitrogens is 1. The molecule has 8 heteroatoms. The van der Waals surface area contributed by atoms with Gasteiger partial charge >= 0.3 is 0 Å². The first-order valence-corrected chi connectivity index (χ1v) is 9.51. The second kappa shape index (κ2) is 7.26. The number of carbonyl (C=O) groups excluding carboxylic acids is 2. The number of fused-ring (bicyclic) bond motifs is 1. The average Bonchev–Trinajstić information content (AvgIpc) is 3.32. The molecule has 8 nitrogen and oxygen atoms in total. The minimum Gasteiger partial charge on any atom is -0.385 e. The summed E-state index contributed by atoms with van der Waals surface area (Å²) in [6.45, 7) is 3.31. The SMILES string of the molecule is COCCCN1CCC[C@]2(CCN(C(=O)c3ccc4n[nH]nc4c3)C2)C1=O. The van der Waals surface area contributed by atoms with Crippen molar-refractivity contribution < 1.29 is 14.3 Å². The van der Waals surface area contributed by atoms with Gasteiger partial charge in [0.25, 0.3) is 5.91 Å². The van der Waals surface area contributed by atoms with Crippen LogP contribution >= 0.6 is 0 Å². The van der Waals surface area contributed by atoms with Gasteiger partial charge in [0.15, 0.2) is 0 Å². The van der Waals surface area contributed by atoms with Gasteiger partial charge in [0, 0.05) is 45.5 Å². The van der Waals surface area contributed by atoms with Crippen LogP contribution in [0.5, 0.6) is 0 Å². The van der Waals surface area contributed by atoms with Crippen LogP contribution in [0.1, 0.15) is 36.0 Å². The molecule has 1 spiro atoms. The number of methoxy groups -OCH3 is 1. The van der Waals surface area contributed by atoms with E-state index in [9.17, 15) is 9.59 Å². The van der Waals surface area contributed by atoms with Crippen molar-refractivity contribution in [3.05, 3.63) is 23.8 Å². The molecule has 1 N–H and O–H groups in total. The van der Waals surface area contributed by atoms with Crippen molar-refractivity contribution in [3.63, 3.8) is 0 Å². The zero-order valence-electron chi connectivity index (χ0n) is 15.6. The molecule has 0 unspecified atom stereocenters. The zero-order chi connectivity index (χ0) is 18.9. The number of hydrogen-bond donors (Lipinski definition) is 1. The van der Waals surface area contributed by atoms with Crippen LogP contribution in [0.2, 0.25) is 0 Å². The molecule has 0 saturated carbocycles. The maximum atomic E-state index is 13.1. The second-order valence-corrected chi connectivity index (χ2v) is 7.53. The van der Waals surface area contributed by atoms with Crippen LogP contribution in [0.15, 0.2) is 18.2 Å². The lowest BCUT2D eigenvalue weighted by molar-refractivity contribution is -0.145. The Bertz CT molecular complexity index is 851. The summed E-state index contributed by atoms with van der Waals surface area (Å²) in [7, 11) is 1.68. The van der Waals surface area contributed by atoms with Crippen LogP contribution in [0.3, 0.4) is 0 Å². The third kappa shape index (κ3) is 3.29. The molecule has 2 aliphatic rings. The molecular weight excluding hydrogens is 346 g/mol. The van der Waals surface area contributed by atoms with E-state index < -0.39 is 5.41 Å². The number of ether oxygens (including phenoxy) is 1. The lowest BCUT2D eigenvalue weighted by Gasteiger charge is -2.39. The largest absolute Gasteiger partial charge is 0.385 e. The van der Waals surface area contributed by atoms with Crippen molar-refractivity contribution in [1.29, 1.82) is 0 Å². The summed E-state index contributed by atoms with van der Waals surface area (Å²) in [5.41, 5.74) is 1.58. The molecule has 4 rings (SSSR count). The first kappa shape index (κ1) is 17.9. The van der Waals surface area contributed by atoms with E-state index in [-0.39, 0.29) is 11.8 Å². The third-order valence-corrected chi connectivity index (χ3v) is 5.81. The number of nitrogens with zero attached hydrogens (tertiary/aromatic N) is 4. The topological polar surface area (TPSA) is 91.4 Å². The van der Waals surface area contributed by atoms with Gasteiger partial charge in [0.1, 0.15) is 11.0 Å². The summed E-state index contributed by atoms with van der Waals surface area (Å²) < 4.78 is 5.10. The summed E-state index contributed by atoms with van der Waals surface area (Å²) in [4.78, 5) is 29.9. The number of likely N-dealkylation sites (tertiary alicyclic amines) is 2. The van der Waals surface area contributed by atoms with E-state index >= 15 is 0 Å². The first-order chi connectivity index (χ1) is 13.1. The summed E-state index contributed by atoms with van der Waals surface area (Å²) >= 11 is 0. The summed E-state index contributed by atoms with van der Waals surface area (Å²) in [5.74, 6) is 0.160. The smallest absolute Gasteiger partial charge is 0.253 e. The summed E-state index contributed by atoms with van der Waals surface area (Å²) in [5, 5.41) is 10.6.